The lowest BCUT2D eigenvalue weighted by atomic mass is 9.92. The molecule has 0 radical (unpaired) electrons. The number of hydrogen-bond acceptors (Lipinski definition) is 7. The first kappa shape index (κ1) is 24.8. The van der Waals surface area contributed by atoms with Gasteiger partial charge in [-0.3, -0.25) is 0 Å². The maximum Gasteiger partial charge on any atom is 0.318 e. The van der Waals surface area contributed by atoms with Crippen molar-refractivity contribution >= 4 is 17.8 Å². The monoisotopic (exact) mass is 493 g/mol. The first-order chi connectivity index (χ1) is 17.5. The molecule has 3 heterocycles. The smallest absolute Gasteiger partial charge is 0.318 e. The molecule has 3 aliphatic rings. The number of hydrogen-bond donors (Lipinski definition) is 2. The summed E-state index contributed by atoms with van der Waals surface area (Å²) in [6.45, 7) is 7.86. The Labute approximate surface area is 214 Å². The van der Waals surface area contributed by atoms with Gasteiger partial charge in [0.25, 0.3) is 0 Å². The van der Waals surface area contributed by atoms with Crippen LogP contribution in [0.1, 0.15) is 43.7 Å². The molecule has 1 aliphatic carbocycles. The van der Waals surface area contributed by atoms with Crippen LogP contribution in [-0.2, 0) is 17.7 Å². The Morgan fingerprint density at radius 1 is 1.08 bits per heavy atom. The molecule has 0 spiro atoms. The van der Waals surface area contributed by atoms with Crippen LogP contribution in [0.25, 0.3) is 11.3 Å². The SMILES string of the molecule is CCO[C@H]1CCCC[C@H]1NC(=O)N1CCc2ccc(-c3cc(N4CCN(C)CC4)nc(N)n3)cc2C1. The van der Waals surface area contributed by atoms with Crippen molar-refractivity contribution in [3.05, 3.63) is 35.4 Å². The van der Waals surface area contributed by atoms with Gasteiger partial charge in [-0.15, -0.1) is 0 Å². The summed E-state index contributed by atoms with van der Waals surface area (Å²) in [5.41, 5.74) is 10.4. The van der Waals surface area contributed by atoms with E-state index in [1.165, 1.54) is 12.0 Å². The molecule has 3 N–H and O–H groups in total. The Kier molecular flexibility index (Phi) is 7.57. The van der Waals surface area contributed by atoms with Crippen molar-refractivity contribution in [1.82, 2.24) is 25.1 Å². The molecule has 0 bridgehead atoms. The van der Waals surface area contributed by atoms with Crippen molar-refractivity contribution in [3.63, 3.8) is 0 Å². The molecule has 2 fully saturated rings. The van der Waals surface area contributed by atoms with Crippen LogP contribution in [0.15, 0.2) is 24.3 Å². The van der Waals surface area contributed by atoms with E-state index >= 15 is 0 Å². The third kappa shape index (κ3) is 5.57. The number of carbonyl (C=O) groups is 1. The normalized spacial score (nSPS) is 22.8. The molecule has 1 saturated heterocycles. The summed E-state index contributed by atoms with van der Waals surface area (Å²) in [6, 6.07) is 8.57. The predicted molar refractivity (Wildman–Crippen MR) is 142 cm³/mol. The third-order valence-corrected chi connectivity index (χ3v) is 7.75. The van der Waals surface area contributed by atoms with Gasteiger partial charge in [-0.2, -0.15) is 4.98 Å². The Balaban J connectivity index is 1.30. The van der Waals surface area contributed by atoms with Crippen molar-refractivity contribution < 1.29 is 9.53 Å². The molecule has 0 unspecified atom stereocenters. The minimum atomic E-state index is 0.00582. The van der Waals surface area contributed by atoms with Gasteiger partial charge in [0.1, 0.15) is 5.82 Å². The number of rotatable bonds is 5. The lowest BCUT2D eigenvalue weighted by Gasteiger charge is -2.35. The van der Waals surface area contributed by atoms with Crippen molar-refractivity contribution in [1.29, 1.82) is 0 Å². The minimum Gasteiger partial charge on any atom is -0.376 e. The van der Waals surface area contributed by atoms with E-state index in [2.05, 4.69) is 50.3 Å². The second-order valence-corrected chi connectivity index (χ2v) is 10.2. The Morgan fingerprint density at radius 3 is 2.69 bits per heavy atom. The molecule has 2 atom stereocenters. The van der Waals surface area contributed by atoms with Crippen LogP contribution in [0.2, 0.25) is 0 Å². The molecule has 1 saturated carbocycles. The van der Waals surface area contributed by atoms with Crippen LogP contribution in [0, 0.1) is 0 Å². The van der Waals surface area contributed by atoms with Crippen LogP contribution in [-0.4, -0.2) is 84.3 Å². The molecule has 36 heavy (non-hydrogen) atoms. The van der Waals surface area contributed by atoms with E-state index in [4.69, 9.17) is 10.5 Å². The zero-order valence-electron chi connectivity index (χ0n) is 21.6. The van der Waals surface area contributed by atoms with Gasteiger partial charge in [-0.1, -0.05) is 25.0 Å². The van der Waals surface area contributed by atoms with E-state index in [1.54, 1.807) is 0 Å². The number of urea groups is 1. The fourth-order valence-electron chi connectivity index (χ4n) is 5.61. The molecule has 9 nitrogen and oxygen atoms in total. The lowest BCUT2D eigenvalue weighted by molar-refractivity contribution is 0.0137. The molecule has 2 aromatic rings. The first-order valence-corrected chi connectivity index (χ1v) is 13.4. The van der Waals surface area contributed by atoms with Gasteiger partial charge >= 0.3 is 6.03 Å². The van der Waals surface area contributed by atoms with Gasteiger partial charge in [-0.25, -0.2) is 9.78 Å². The number of likely N-dealkylation sites (N-methyl/N-ethyl adjacent to an activating group) is 1. The van der Waals surface area contributed by atoms with E-state index in [0.717, 1.165) is 81.0 Å². The maximum absolute atomic E-state index is 13.2. The van der Waals surface area contributed by atoms with Crippen molar-refractivity contribution in [2.24, 2.45) is 0 Å². The van der Waals surface area contributed by atoms with Gasteiger partial charge in [0, 0.05) is 57.5 Å². The van der Waals surface area contributed by atoms with Crippen molar-refractivity contribution in [2.75, 3.05) is 57.0 Å². The first-order valence-electron chi connectivity index (χ1n) is 13.4. The zero-order valence-corrected chi connectivity index (χ0v) is 21.6. The number of nitrogens with zero attached hydrogens (tertiary/aromatic N) is 5. The number of fused-ring (bicyclic) bond motifs is 1. The van der Waals surface area contributed by atoms with E-state index in [0.29, 0.717) is 13.2 Å². The van der Waals surface area contributed by atoms with Crippen LogP contribution in [0.5, 0.6) is 0 Å². The summed E-state index contributed by atoms with van der Waals surface area (Å²) in [5, 5.41) is 3.27. The number of piperazine rings is 1. The van der Waals surface area contributed by atoms with Gasteiger partial charge in [0.2, 0.25) is 5.95 Å². The van der Waals surface area contributed by atoms with E-state index < -0.39 is 0 Å². The second kappa shape index (κ2) is 11.0. The van der Waals surface area contributed by atoms with Crippen molar-refractivity contribution in [2.45, 2.75) is 57.7 Å². The number of carbonyl (C=O) groups excluding carboxylic acids is 1. The maximum atomic E-state index is 13.2. The Bertz CT molecular complexity index is 1070. The van der Waals surface area contributed by atoms with E-state index in [-0.39, 0.29) is 24.1 Å². The van der Waals surface area contributed by atoms with Crippen LogP contribution < -0.4 is 16.0 Å². The molecule has 2 amide bonds. The molecule has 1 aromatic carbocycles. The van der Waals surface area contributed by atoms with Crippen LogP contribution >= 0.6 is 0 Å². The highest BCUT2D eigenvalue weighted by Gasteiger charge is 2.29. The molecular weight excluding hydrogens is 454 g/mol. The molecule has 9 heteroatoms. The zero-order chi connectivity index (χ0) is 25.1. The highest BCUT2D eigenvalue weighted by atomic mass is 16.5. The number of aromatic nitrogens is 2. The fourth-order valence-corrected chi connectivity index (χ4v) is 5.61. The second-order valence-electron chi connectivity index (χ2n) is 10.2. The Morgan fingerprint density at radius 2 is 1.89 bits per heavy atom. The number of ether oxygens (including phenoxy) is 1. The minimum absolute atomic E-state index is 0.00582. The topological polar surface area (TPSA) is 99.9 Å². The van der Waals surface area contributed by atoms with E-state index in [1.807, 2.05) is 17.9 Å². The highest BCUT2D eigenvalue weighted by molar-refractivity contribution is 5.75. The number of nitrogens with one attached hydrogen (secondary N) is 1. The lowest BCUT2D eigenvalue weighted by Crippen LogP contribution is -2.52. The largest absolute Gasteiger partial charge is 0.376 e. The summed E-state index contributed by atoms with van der Waals surface area (Å²) in [4.78, 5) is 28.7. The van der Waals surface area contributed by atoms with Gasteiger partial charge in [-0.05, 0) is 50.4 Å². The Hall–Kier alpha value is -2.91. The highest BCUT2D eigenvalue weighted by Crippen LogP contribution is 2.29. The van der Waals surface area contributed by atoms with Crippen molar-refractivity contribution in [3.8, 4) is 11.3 Å². The molecule has 2 aliphatic heterocycles. The number of benzene rings is 1. The summed E-state index contributed by atoms with van der Waals surface area (Å²) in [5.74, 6) is 1.16. The number of nitrogen functional groups attached to an aromatic ring is 1. The molecule has 194 valence electrons. The predicted octanol–water partition coefficient (Wildman–Crippen LogP) is 2.89. The van der Waals surface area contributed by atoms with Gasteiger partial charge < -0.3 is 30.5 Å². The summed E-state index contributed by atoms with van der Waals surface area (Å²) in [7, 11) is 2.14. The fraction of sp³-hybridized carbons (Fsp3) is 0.593. The standard InChI is InChI=1S/C27H39N7O2/c1-3-36-24-7-5-4-6-22(24)30-27(35)34-11-10-19-8-9-20(16-21(19)18-34)23-17-25(31-26(28)29-23)33-14-12-32(2)13-15-33/h8-9,16-17,22,24H,3-7,10-15,18H2,1-2H3,(H,30,35)(H2,28,29,31)/t22-,24+/m1/s1. The van der Waals surface area contributed by atoms with Gasteiger partial charge in [0.15, 0.2) is 0 Å². The number of nitrogens with two attached hydrogens (primary N) is 1. The quantitative estimate of drug-likeness (QED) is 0.661. The number of anilines is 2. The average Bonchev–Trinajstić information content (AvgIpc) is 2.89. The summed E-state index contributed by atoms with van der Waals surface area (Å²) < 4.78 is 5.91. The third-order valence-electron chi connectivity index (χ3n) is 7.75. The molecule has 5 rings (SSSR count). The van der Waals surface area contributed by atoms with Crippen LogP contribution in [0.4, 0.5) is 16.6 Å². The summed E-state index contributed by atoms with van der Waals surface area (Å²) in [6.07, 6.45) is 5.27. The molecular formula is C27H39N7O2. The van der Waals surface area contributed by atoms with Gasteiger partial charge in [0.05, 0.1) is 17.8 Å². The number of amides is 2. The average molecular weight is 494 g/mol. The molecule has 1 aromatic heterocycles. The van der Waals surface area contributed by atoms with E-state index in [9.17, 15) is 4.79 Å². The van der Waals surface area contributed by atoms with Crippen LogP contribution in [0.3, 0.4) is 0 Å². The summed E-state index contributed by atoms with van der Waals surface area (Å²) >= 11 is 0.